The Bertz CT molecular complexity index is 1030. The second-order valence-electron chi connectivity index (χ2n) is 5.89. The van der Waals surface area contributed by atoms with Crippen molar-refractivity contribution in [2.24, 2.45) is 0 Å². The molecule has 26 heavy (non-hydrogen) atoms. The standard InChI is InChI=1S/C18H18N4O3S/c1-12-3-4-13(2)17(9-12)26(24,25)22-15-7-5-14(6-8-15)18(23)21-16-10-19-20-11-16/h3-11,22H,1-2H3,(H,19,20)(H,21,23). The van der Waals surface area contributed by atoms with E-state index in [2.05, 4.69) is 20.2 Å². The van der Waals surface area contributed by atoms with E-state index in [4.69, 9.17) is 0 Å². The van der Waals surface area contributed by atoms with Gasteiger partial charge in [-0.05, 0) is 55.3 Å². The number of benzene rings is 2. The van der Waals surface area contributed by atoms with Crippen LogP contribution in [0.3, 0.4) is 0 Å². The summed E-state index contributed by atoms with van der Waals surface area (Å²) in [5, 5.41) is 9.03. The molecule has 0 unspecified atom stereocenters. The lowest BCUT2D eigenvalue weighted by atomic mass is 10.2. The number of nitrogens with one attached hydrogen (secondary N) is 3. The van der Waals surface area contributed by atoms with Crippen molar-refractivity contribution in [3.05, 3.63) is 71.5 Å². The fourth-order valence-electron chi connectivity index (χ4n) is 2.42. The molecule has 0 radical (unpaired) electrons. The number of aryl methyl sites for hydroxylation is 2. The summed E-state index contributed by atoms with van der Waals surface area (Å²) in [5.74, 6) is -0.310. The topological polar surface area (TPSA) is 104 Å². The number of aromatic amines is 1. The van der Waals surface area contributed by atoms with Crippen LogP contribution in [0.5, 0.6) is 0 Å². The van der Waals surface area contributed by atoms with Crippen LogP contribution in [0.2, 0.25) is 0 Å². The predicted octanol–water partition coefficient (Wildman–Crippen LogP) is 3.08. The molecule has 2 aromatic carbocycles. The van der Waals surface area contributed by atoms with Gasteiger partial charge in [0, 0.05) is 17.4 Å². The number of carbonyl (C=O) groups is 1. The van der Waals surface area contributed by atoms with Gasteiger partial charge in [-0.1, -0.05) is 12.1 Å². The highest BCUT2D eigenvalue weighted by molar-refractivity contribution is 7.92. The highest BCUT2D eigenvalue weighted by Gasteiger charge is 2.17. The summed E-state index contributed by atoms with van der Waals surface area (Å²) >= 11 is 0. The van der Waals surface area contributed by atoms with Crippen LogP contribution in [-0.4, -0.2) is 24.5 Å². The summed E-state index contributed by atoms with van der Waals surface area (Å²) in [6.45, 7) is 3.59. The third kappa shape index (κ3) is 3.92. The summed E-state index contributed by atoms with van der Waals surface area (Å²) in [7, 11) is -3.70. The smallest absolute Gasteiger partial charge is 0.262 e. The van der Waals surface area contributed by atoms with Gasteiger partial charge in [0.25, 0.3) is 15.9 Å². The molecule has 3 N–H and O–H groups in total. The predicted molar refractivity (Wildman–Crippen MR) is 99.7 cm³/mol. The zero-order valence-electron chi connectivity index (χ0n) is 14.3. The van der Waals surface area contributed by atoms with Gasteiger partial charge in [-0.15, -0.1) is 0 Å². The molecule has 0 aliphatic carbocycles. The minimum atomic E-state index is -3.70. The second-order valence-corrected chi connectivity index (χ2v) is 7.54. The highest BCUT2D eigenvalue weighted by atomic mass is 32.2. The van der Waals surface area contributed by atoms with Crippen LogP contribution >= 0.6 is 0 Å². The fourth-order valence-corrected chi connectivity index (χ4v) is 3.81. The molecule has 0 aliphatic heterocycles. The fraction of sp³-hybridized carbons (Fsp3) is 0.111. The average Bonchev–Trinajstić information content (AvgIpc) is 3.10. The first-order valence-corrected chi connectivity index (χ1v) is 9.34. The van der Waals surface area contributed by atoms with Crippen LogP contribution in [0.4, 0.5) is 11.4 Å². The Balaban J connectivity index is 1.76. The summed E-state index contributed by atoms with van der Waals surface area (Å²) in [6.07, 6.45) is 3.05. The van der Waals surface area contributed by atoms with Crippen LogP contribution in [-0.2, 0) is 10.0 Å². The van der Waals surface area contributed by atoms with Crippen molar-refractivity contribution in [2.75, 3.05) is 10.0 Å². The molecule has 134 valence electrons. The van der Waals surface area contributed by atoms with Gasteiger partial charge in [-0.2, -0.15) is 5.10 Å². The van der Waals surface area contributed by atoms with E-state index in [-0.39, 0.29) is 10.8 Å². The number of rotatable bonds is 5. The van der Waals surface area contributed by atoms with E-state index in [1.807, 2.05) is 13.0 Å². The van der Waals surface area contributed by atoms with Crippen molar-refractivity contribution < 1.29 is 13.2 Å². The number of anilines is 2. The molecule has 0 spiro atoms. The molecule has 1 aromatic heterocycles. The lowest BCUT2D eigenvalue weighted by Crippen LogP contribution is -2.15. The Morgan fingerprint density at radius 1 is 1.04 bits per heavy atom. The largest absolute Gasteiger partial charge is 0.319 e. The molecule has 7 nitrogen and oxygen atoms in total. The van der Waals surface area contributed by atoms with E-state index in [0.717, 1.165) is 5.56 Å². The van der Waals surface area contributed by atoms with E-state index in [1.54, 1.807) is 49.5 Å². The average molecular weight is 370 g/mol. The summed E-state index contributed by atoms with van der Waals surface area (Å²) in [6, 6.07) is 11.5. The van der Waals surface area contributed by atoms with Gasteiger partial charge >= 0.3 is 0 Å². The molecular formula is C18H18N4O3S. The molecule has 0 aliphatic rings. The zero-order valence-corrected chi connectivity index (χ0v) is 15.1. The molecule has 8 heteroatoms. The molecule has 3 rings (SSSR count). The molecular weight excluding hydrogens is 352 g/mol. The lowest BCUT2D eigenvalue weighted by molar-refractivity contribution is 0.102. The molecule has 0 atom stereocenters. The van der Waals surface area contributed by atoms with Gasteiger partial charge < -0.3 is 5.32 Å². The first-order chi connectivity index (χ1) is 12.3. The van der Waals surface area contributed by atoms with Crippen molar-refractivity contribution >= 4 is 27.3 Å². The Labute approximate surface area is 151 Å². The lowest BCUT2D eigenvalue weighted by Gasteiger charge is -2.11. The number of nitrogens with zero attached hydrogens (tertiary/aromatic N) is 1. The van der Waals surface area contributed by atoms with E-state index in [9.17, 15) is 13.2 Å². The van der Waals surface area contributed by atoms with Crippen molar-refractivity contribution in [3.8, 4) is 0 Å². The number of aromatic nitrogens is 2. The number of hydrogen-bond donors (Lipinski definition) is 3. The van der Waals surface area contributed by atoms with Gasteiger partial charge in [0.05, 0.1) is 16.8 Å². The maximum atomic E-state index is 12.6. The molecule has 0 saturated heterocycles. The molecule has 3 aromatic rings. The van der Waals surface area contributed by atoms with E-state index in [0.29, 0.717) is 22.5 Å². The van der Waals surface area contributed by atoms with Gasteiger partial charge in [0.15, 0.2) is 0 Å². The SMILES string of the molecule is Cc1ccc(C)c(S(=O)(=O)Nc2ccc(C(=O)Nc3cn[nH]c3)cc2)c1. The number of sulfonamides is 1. The summed E-state index contributed by atoms with van der Waals surface area (Å²) in [5.41, 5.74) is 2.86. The number of carbonyl (C=O) groups excluding carboxylic acids is 1. The summed E-state index contributed by atoms with van der Waals surface area (Å²) in [4.78, 5) is 12.4. The Hall–Kier alpha value is -3.13. The molecule has 1 heterocycles. The van der Waals surface area contributed by atoms with Crippen LogP contribution < -0.4 is 10.0 Å². The van der Waals surface area contributed by atoms with Crippen molar-refractivity contribution in [1.29, 1.82) is 0 Å². The zero-order chi connectivity index (χ0) is 18.7. The Kier molecular flexibility index (Phi) is 4.77. The van der Waals surface area contributed by atoms with Crippen LogP contribution in [0.25, 0.3) is 0 Å². The van der Waals surface area contributed by atoms with Crippen LogP contribution in [0, 0.1) is 13.8 Å². The molecule has 0 fully saturated rings. The normalized spacial score (nSPS) is 11.2. The molecule has 0 bridgehead atoms. The van der Waals surface area contributed by atoms with Crippen LogP contribution in [0.1, 0.15) is 21.5 Å². The third-order valence-corrected chi connectivity index (χ3v) is 5.31. The third-order valence-electron chi connectivity index (χ3n) is 3.79. The first kappa shape index (κ1) is 17.7. The van der Waals surface area contributed by atoms with Gasteiger partial charge in [0.1, 0.15) is 0 Å². The van der Waals surface area contributed by atoms with Gasteiger partial charge in [-0.3, -0.25) is 14.6 Å². The minimum Gasteiger partial charge on any atom is -0.319 e. The second kappa shape index (κ2) is 7.01. The van der Waals surface area contributed by atoms with E-state index >= 15 is 0 Å². The monoisotopic (exact) mass is 370 g/mol. The van der Waals surface area contributed by atoms with Crippen LogP contribution in [0.15, 0.2) is 59.8 Å². The Morgan fingerprint density at radius 2 is 1.77 bits per heavy atom. The molecule has 0 saturated carbocycles. The maximum absolute atomic E-state index is 12.6. The van der Waals surface area contributed by atoms with Crippen molar-refractivity contribution in [2.45, 2.75) is 18.7 Å². The quantitative estimate of drug-likeness (QED) is 0.642. The van der Waals surface area contributed by atoms with Gasteiger partial charge in [0.2, 0.25) is 0 Å². The minimum absolute atomic E-state index is 0.235. The number of hydrogen-bond acceptors (Lipinski definition) is 4. The van der Waals surface area contributed by atoms with Crippen molar-refractivity contribution in [3.63, 3.8) is 0 Å². The maximum Gasteiger partial charge on any atom is 0.262 e. The number of H-pyrrole nitrogens is 1. The summed E-state index contributed by atoms with van der Waals surface area (Å²) < 4.78 is 27.7. The first-order valence-electron chi connectivity index (χ1n) is 7.85. The Morgan fingerprint density at radius 3 is 2.42 bits per heavy atom. The van der Waals surface area contributed by atoms with Crippen molar-refractivity contribution in [1.82, 2.24) is 10.2 Å². The highest BCUT2D eigenvalue weighted by Crippen LogP contribution is 2.21. The molecule has 1 amide bonds. The van der Waals surface area contributed by atoms with Gasteiger partial charge in [-0.25, -0.2) is 8.42 Å². The number of amides is 1. The van der Waals surface area contributed by atoms with E-state index < -0.39 is 10.0 Å². The van der Waals surface area contributed by atoms with E-state index in [1.165, 1.54) is 6.20 Å².